The molecule has 0 saturated heterocycles. The van der Waals surface area contributed by atoms with Gasteiger partial charge in [0.15, 0.2) is 0 Å². The molecule has 0 atom stereocenters. The lowest BCUT2D eigenvalue weighted by atomic mass is 10.2. The molecule has 102 valence electrons. The first kappa shape index (κ1) is 13.8. The highest BCUT2D eigenvalue weighted by Gasteiger charge is 2.05. The van der Waals surface area contributed by atoms with Gasteiger partial charge in [0.25, 0.3) is 0 Å². The van der Waals surface area contributed by atoms with Gasteiger partial charge in [0.05, 0.1) is 11.3 Å². The molecule has 0 fully saturated rings. The SMILES string of the molecule is CCCNc1cc(Nc2ccccc2C#N)nc(C)n1. The van der Waals surface area contributed by atoms with Crippen LogP contribution in [0, 0.1) is 18.3 Å². The van der Waals surface area contributed by atoms with Gasteiger partial charge in [0.2, 0.25) is 0 Å². The van der Waals surface area contributed by atoms with E-state index in [9.17, 15) is 0 Å². The second-order valence-electron chi connectivity index (χ2n) is 4.39. The summed E-state index contributed by atoms with van der Waals surface area (Å²) in [5.41, 5.74) is 1.33. The van der Waals surface area contributed by atoms with Crippen LogP contribution in [0.2, 0.25) is 0 Å². The van der Waals surface area contributed by atoms with E-state index in [2.05, 4.69) is 33.6 Å². The molecular weight excluding hydrogens is 250 g/mol. The summed E-state index contributed by atoms with van der Waals surface area (Å²) in [5, 5.41) is 15.5. The Kier molecular flexibility index (Phi) is 4.51. The van der Waals surface area contributed by atoms with E-state index in [0.29, 0.717) is 17.2 Å². The normalized spacial score (nSPS) is 9.85. The van der Waals surface area contributed by atoms with Crippen LogP contribution in [0.1, 0.15) is 24.7 Å². The van der Waals surface area contributed by atoms with Crippen LogP contribution in [0.25, 0.3) is 0 Å². The lowest BCUT2D eigenvalue weighted by Gasteiger charge is -2.10. The van der Waals surface area contributed by atoms with Gasteiger partial charge in [-0.25, -0.2) is 9.97 Å². The molecule has 0 saturated carbocycles. The van der Waals surface area contributed by atoms with E-state index in [0.717, 1.165) is 24.5 Å². The van der Waals surface area contributed by atoms with Gasteiger partial charge in [-0.1, -0.05) is 19.1 Å². The highest BCUT2D eigenvalue weighted by molar-refractivity contribution is 5.65. The number of benzene rings is 1. The van der Waals surface area contributed by atoms with E-state index in [1.165, 1.54) is 0 Å². The average molecular weight is 267 g/mol. The average Bonchev–Trinajstić information content (AvgIpc) is 2.45. The maximum absolute atomic E-state index is 9.09. The third-order valence-electron chi connectivity index (χ3n) is 2.70. The van der Waals surface area contributed by atoms with Crippen molar-refractivity contribution < 1.29 is 0 Å². The Bertz CT molecular complexity index is 630. The maximum Gasteiger partial charge on any atom is 0.136 e. The van der Waals surface area contributed by atoms with Crippen molar-refractivity contribution in [3.8, 4) is 6.07 Å². The summed E-state index contributed by atoms with van der Waals surface area (Å²) in [6.07, 6.45) is 1.03. The van der Waals surface area contributed by atoms with Gasteiger partial charge < -0.3 is 10.6 Å². The van der Waals surface area contributed by atoms with E-state index in [1.807, 2.05) is 31.2 Å². The van der Waals surface area contributed by atoms with Crippen LogP contribution in [0.4, 0.5) is 17.3 Å². The summed E-state index contributed by atoms with van der Waals surface area (Å²) < 4.78 is 0. The summed E-state index contributed by atoms with van der Waals surface area (Å²) >= 11 is 0. The monoisotopic (exact) mass is 267 g/mol. The fourth-order valence-corrected chi connectivity index (χ4v) is 1.80. The molecule has 5 heteroatoms. The molecule has 0 aliphatic heterocycles. The van der Waals surface area contributed by atoms with Crippen molar-refractivity contribution in [2.75, 3.05) is 17.2 Å². The summed E-state index contributed by atoms with van der Waals surface area (Å²) in [7, 11) is 0. The van der Waals surface area contributed by atoms with Crippen LogP contribution in [0.5, 0.6) is 0 Å². The van der Waals surface area contributed by atoms with E-state index < -0.39 is 0 Å². The van der Waals surface area contributed by atoms with Gasteiger partial charge in [0, 0.05) is 12.6 Å². The van der Waals surface area contributed by atoms with Crippen molar-refractivity contribution >= 4 is 17.3 Å². The maximum atomic E-state index is 9.09. The van der Waals surface area contributed by atoms with Gasteiger partial charge in [0.1, 0.15) is 23.5 Å². The molecule has 0 spiro atoms. The van der Waals surface area contributed by atoms with Crippen LogP contribution in [-0.2, 0) is 0 Å². The molecule has 2 N–H and O–H groups in total. The van der Waals surface area contributed by atoms with Crippen molar-refractivity contribution in [1.29, 1.82) is 5.26 Å². The number of aryl methyl sites for hydroxylation is 1. The fourth-order valence-electron chi connectivity index (χ4n) is 1.80. The molecule has 1 aromatic heterocycles. The summed E-state index contributed by atoms with van der Waals surface area (Å²) in [6.45, 7) is 4.81. The molecule has 2 rings (SSSR count). The van der Waals surface area contributed by atoms with Gasteiger partial charge in [-0.05, 0) is 25.5 Å². The molecule has 2 aromatic rings. The molecule has 1 heterocycles. The largest absolute Gasteiger partial charge is 0.370 e. The number of rotatable bonds is 5. The molecule has 1 aromatic carbocycles. The summed E-state index contributed by atoms with van der Waals surface area (Å²) in [5.74, 6) is 2.15. The van der Waals surface area contributed by atoms with Crippen molar-refractivity contribution in [2.45, 2.75) is 20.3 Å². The zero-order valence-corrected chi connectivity index (χ0v) is 11.6. The number of hydrogen-bond acceptors (Lipinski definition) is 5. The molecular formula is C15H17N5. The Morgan fingerprint density at radius 2 is 1.95 bits per heavy atom. The third-order valence-corrected chi connectivity index (χ3v) is 2.70. The highest BCUT2D eigenvalue weighted by Crippen LogP contribution is 2.20. The fraction of sp³-hybridized carbons (Fsp3) is 0.267. The molecule has 20 heavy (non-hydrogen) atoms. The van der Waals surface area contributed by atoms with E-state index in [1.54, 1.807) is 6.07 Å². The van der Waals surface area contributed by atoms with Gasteiger partial charge >= 0.3 is 0 Å². The van der Waals surface area contributed by atoms with Crippen LogP contribution < -0.4 is 10.6 Å². The molecule has 0 bridgehead atoms. The quantitative estimate of drug-likeness (QED) is 0.870. The van der Waals surface area contributed by atoms with Crippen LogP contribution >= 0.6 is 0 Å². The molecule has 0 unspecified atom stereocenters. The predicted octanol–water partition coefficient (Wildman–Crippen LogP) is 3.22. The number of nitrogens with one attached hydrogen (secondary N) is 2. The standard InChI is InChI=1S/C15H17N5/c1-3-8-17-14-9-15(19-11(2)18-14)20-13-7-5-4-6-12(13)10-16/h4-7,9H,3,8H2,1-2H3,(H2,17,18,19,20). The second kappa shape index (κ2) is 6.53. The summed E-state index contributed by atoms with van der Waals surface area (Å²) in [6, 6.07) is 11.3. The molecule has 0 aliphatic rings. The summed E-state index contributed by atoms with van der Waals surface area (Å²) in [4.78, 5) is 8.67. The number of anilines is 3. The zero-order valence-electron chi connectivity index (χ0n) is 11.6. The van der Waals surface area contributed by atoms with Crippen molar-refractivity contribution in [3.63, 3.8) is 0 Å². The Morgan fingerprint density at radius 1 is 1.20 bits per heavy atom. The van der Waals surface area contributed by atoms with Gasteiger partial charge in [-0.2, -0.15) is 5.26 Å². The number of aromatic nitrogens is 2. The van der Waals surface area contributed by atoms with Crippen molar-refractivity contribution in [3.05, 3.63) is 41.7 Å². The van der Waals surface area contributed by atoms with Crippen molar-refractivity contribution in [2.24, 2.45) is 0 Å². The lowest BCUT2D eigenvalue weighted by molar-refractivity contribution is 0.955. The minimum absolute atomic E-state index is 0.590. The first-order chi connectivity index (χ1) is 9.72. The van der Waals surface area contributed by atoms with Crippen LogP contribution in [0.15, 0.2) is 30.3 Å². The zero-order chi connectivity index (χ0) is 14.4. The van der Waals surface area contributed by atoms with Crippen LogP contribution in [0.3, 0.4) is 0 Å². The van der Waals surface area contributed by atoms with Gasteiger partial charge in [-0.15, -0.1) is 0 Å². The molecule has 0 amide bonds. The van der Waals surface area contributed by atoms with Crippen molar-refractivity contribution in [1.82, 2.24) is 9.97 Å². The number of nitriles is 1. The Morgan fingerprint density at radius 3 is 2.70 bits per heavy atom. The molecule has 0 aliphatic carbocycles. The first-order valence-electron chi connectivity index (χ1n) is 6.58. The predicted molar refractivity (Wildman–Crippen MR) is 80.0 cm³/mol. The Labute approximate surface area is 118 Å². The Balaban J connectivity index is 2.25. The molecule has 5 nitrogen and oxygen atoms in total. The number of nitrogens with zero attached hydrogens (tertiary/aromatic N) is 3. The van der Waals surface area contributed by atoms with Crippen LogP contribution in [-0.4, -0.2) is 16.5 Å². The van der Waals surface area contributed by atoms with Gasteiger partial charge in [-0.3, -0.25) is 0 Å². The second-order valence-corrected chi connectivity index (χ2v) is 4.39. The number of para-hydroxylation sites is 1. The van der Waals surface area contributed by atoms with E-state index in [-0.39, 0.29) is 0 Å². The lowest BCUT2D eigenvalue weighted by Crippen LogP contribution is -2.05. The van der Waals surface area contributed by atoms with E-state index >= 15 is 0 Å². The Hall–Kier alpha value is -2.61. The third kappa shape index (κ3) is 3.45. The minimum Gasteiger partial charge on any atom is -0.370 e. The first-order valence-corrected chi connectivity index (χ1v) is 6.58. The molecule has 0 radical (unpaired) electrons. The minimum atomic E-state index is 0.590. The smallest absolute Gasteiger partial charge is 0.136 e. The van der Waals surface area contributed by atoms with E-state index in [4.69, 9.17) is 5.26 Å². The topological polar surface area (TPSA) is 73.6 Å². The highest BCUT2D eigenvalue weighted by atomic mass is 15.1. The number of hydrogen-bond donors (Lipinski definition) is 2.